The van der Waals surface area contributed by atoms with Crippen molar-refractivity contribution in [1.29, 1.82) is 0 Å². The molecule has 1 heterocycles. The predicted molar refractivity (Wildman–Crippen MR) is 83.1 cm³/mol. The number of aryl methyl sites for hydroxylation is 1. The highest BCUT2D eigenvalue weighted by Crippen LogP contribution is 2.21. The first-order chi connectivity index (χ1) is 9.97. The lowest BCUT2D eigenvalue weighted by Crippen LogP contribution is -2.44. The Morgan fingerprint density at radius 3 is 2.23 bits per heavy atom. The molecule has 0 amide bonds. The van der Waals surface area contributed by atoms with E-state index in [2.05, 4.69) is 9.82 Å². The topological polar surface area (TPSA) is 101 Å². The van der Waals surface area contributed by atoms with E-state index in [0.29, 0.717) is 23.9 Å². The second-order valence-corrected chi connectivity index (χ2v) is 7.91. The second-order valence-electron chi connectivity index (χ2n) is 6.26. The van der Waals surface area contributed by atoms with Crippen LogP contribution in [0.15, 0.2) is 4.90 Å². The van der Waals surface area contributed by atoms with Crippen LogP contribution in [0.1, 0.15) is 39.1 Å². The number of rotatable bonds is 7. The fourth-order valence-electron chi connectivity index (χ4n) is 2.29. The van der Waals surface area contributed by atoms with Crippen LogP contribution in [-0.4, -0.2) is 35.3 Å². The normalized spacial score (nSPS) is 13.8. The van der Waals surface area contributed by atoms with E-state index in [4.69, 9.17) is 5.11 Å². The lowest BCUT2D eigenvalue weighted by Gasteiger charge is -2.18. The Labute approximate surface area is 131 Å². The van der Waals surface area contributed by atoms with Gasteiger partial charge in [-0.05, 0) is 25.7 Å². The summed E-state index contributed by atoms with van der Waals surface area (Å²) in [7, 11) is -3.94. The smallest absolute Gasteiger partial charge is 0.322 e. The maximum atomic E-state index is 12.6. The van der Waals surface area contributed by atoms with E-state index in [1.807, 2.05) is 13.8 Å². The molecule has 1 rings (SSSR count). The van der Waals surface area contributed by atoms with Crippen molar-refractivity contribution in [3.8, 4) is 0 Å². The molecule has 22 heavy (non-hydrogen) atoms. The highest BCUT2D eigenvalue weighted by atomic mass is 32.2. The Balaban J connectivity index is 3.23. The highest BCUT2D eigenvalue weighted by molar-refractivity contribution is 7.89. The van der Waals surface area contributed by atoms with Crippen LogP contribution >= 0.6 is 0 Å². The van der Waals surface area contributed by atoms with Gasteiger partial charge in [0.2, 0.25) is 10.0 Å². The summed E-state index contributed by atoms with van der Waals surface area (Å²) in [5, 5.41) is 13.4. The van der Waals surface area contributed by atoms with E-state index >= 15 is 0 Å². The maximum Gasteiger partial charge on any atom is 0.322 e. The van der Waals surface area contributed by atoms with Crippen molar-refractivity contribution >= 4 is 16.0 Å². The molecule has 0 aliphatic heterocycles. The van der Waals surface area contributed by atoms with E-state index in [0.717, 1.165) is 0 Å². The van der Waals surface area contributed by atoms with Gasteiger partial charge < -0.3 is 5.11 Å². The quantitative estimate of drug-likeness (QED) is 0.789. The zero-order chi connectivity index (χ0) is 17.2. The van der Waals surface area contributed by atoms with Gasteiger partial charge in [-0.25, -0.2) is 8.42 Å². The molecular formula is C14H25N3O4S. The Kier molecular flexibility index (Phi) is 5.75. The minimum absolute atomic E-state index is 0.0695. The molecule has 0 aliphatic carbocycles. The van der Waals surface area contributed by atoms with E-state index in [1.165, 1.54) is 0 Å². The van der Waals surface area contributed by atoms with Crippen LogP contribution in [0.3, 0.4) is 0 Å². The molecule has 126 valence electrons. The fraction of sp³-hybridized carbons (Fsp3) is 0.714. The minimum Gasteiger partial charge on any atom is -0.480 e. The summed E-state index contributed by atoms with van der Waals surface area (Å²) in [5.41, 5.74) is 0.894. The average Bonchev–Trinajstić information content (AvgIpc) is 2.60. The molecule has 7 nitrogen and oxygen atoms in total. The molecule has 0 spiro atoms. The van der Waals surface area contributed by atoms with Gasteiger partial charge in [-0.15, -0.1) is 0 Å². The first-order valence-corrected chi connectivity index (χ1v) is 8.74. The fourth-order valence-corrected chi connectivity index (χ4v) is 4.04. The Morgan fingerprint density at radius 1 is 1.27 bits per heavy atom. The zero-order valence-electron chi connectivity index (χ0n) is 13.9. The summed E-state index contributed by atoms with van der Waals surface area (Å²) >= 11 is 0. The summed E-state index contributed by atoms with van der Waals surface area (Å²) in [5.74, 6) is -1.23. The van der Waals surface area contributed by atoms with Crippen LogP contribution < -0.4 is 4.72 Å². The molecule has 0 bridgehead atoms. The number of carbonyl (C=O) groups is 1. The van der Waals surface area contributed by atoms with Crippen LogP contribution in [0.4, 0.5) is 0 Å². The minimum atomic E-state index is -3.94. The number of carboxylic acid groups (broad SMARTS) is 1. The summed E-state index contributed by atoms with van der Waals surface area (Å²) in [6.07, 6.45) is 0. The van der Waals surface area contributed by atoms with E-state index in [-0.39, 0.29) is 10.8 Å². The van der Waals surface area contributed by atoms with Gasteiger partial charge in [0.15, 0.2) is 0 Å². The highest BCUT2D eigenvalue weighted by Gasteiger charge is 2.31. The summed E-state index contributed by atoms with van der Waals surface area (Å²) in [6.45, 7) is 11.2. The number of aromatic nitrogens is 2. The average molecular weight is 331 g/mol. The number of aliphatic carboxylic acids is 1. The molecule has 0 saturated carbocycles. The third-order valence-electron chi connectivity index (χ3n) is 3.34. The molecule has 0 unspecified atom stereocenters. The molecule has 0 fully saturated rings. The standard InChI is InChI=1S/C14H25N3O4S/c1-8(2)7-17-11(6)13(10(5)15-17)22(20,21)16-12(9(3)4)14(18)19/h8-9,12,16H,7H2,1-6H3,(H,18,19)/t12-/m1/s1. The van der Waals surface area contributed by atoms with Gasteiger partial charge >= 0.3 is 5.97 Å². The van der Waals surface area contributed by atoms with Crippen LogP contribution in [-0.2, 0) is 21.4 Å². The van der Waals surface area contributed by atoms with Crippen LogP contribution in [0, 0.1) is 25.7 Å². The molecule has 0 aliphatic rings. The summed E-state index contributed by atoms with van der Waals surface area (Å²) in [4.78, 5) is 11.3. The van der Waals surface area contributed by atoms with E-state index < -0.39 is 22.0 Å². The molecule has 2 N–H and O–H groups in total. The van der Waals surface area contributed by atoms with Crippen molar-refractivity contribution < 1.29 is 18.3 Å². The van der Waals surface area contributed by atoms with Gasteiger partial charge in [0, 0.05) is 6.54 Å². The van der Waals surface area contributed by atoms with Gasteiger partial charge in [-0.3, -0.25) is 9.48 Å². The Bertz CT molecular complexity index is 647. The zero-order valence-corrected chi connectivity index (χ0v) is 14.7. The van der Waals surface area contributed by atoms with Crippen molar-refractivity contribution in [2.24, 2.45) is 11.8 Å². The van der Waals surface area contributed by atoms with Crippen LogP contribution in [0.2, 0.25) is 0 Å². The number of nitrogens with zero attached hydrogens (tertiary/aromatic N) is 2. The third-order valence-corrected chi connectivity index (χ3v) is 5.03. The third kappa shape index (κ3) is 4.07. The Hall–Kier alpha value is -1.41. The number of hydrogen-bond donors (Lipinski definition) is 2. The molecule has 1 aromatic rings. The molecule has 0 aromatic carbocycles. The monoisotopic (exact) mass is 331 g/mol. The van der Waals surface area contributed by atoms with Crippen molar-refractivity contribution in [3.05, 3.63) is 11.4 Å². The van der Waals surface area contributed by atoms with Crippen molar-refractivity contribution in [2.45, 2.75) is 59.0 Å². The number of hydrogen-bond acceptors (Lipinski definition) is 4. The molecular weight excluding hydrogens is 306 g/mol. The summed E-state index contributed by atoms with van der Waals surface area (Å²) < 4.78 is 29.1. The molecule has 8 heteroatoms. The molecule has 0 saturated heterocycles. The first-order valence-electron chi connectivity index (χ1n) is 7.26. The predicted octanol–water partition coefficient (Wildman–Crippen LogP) is 1.54. The lowest BCUT2D eigenvalue weighted by atomic mass is 10.1. The van der Waals surface area contributed by atoms with Gasteiger partial charge in [0.25, 0.3) is 0 Å². The van der Waals surface area contributed by atoms with Gasteiger partial charge in [0.1, 0.15) is 10.9 Å². The maximum absolute atomic E-state index is 12.6. The number of carboxylic acids is 1. The molecule has 1 aromatic heterocycles. The Morgan fingerprint density at radius 2 is 1.82 bits per heavy atom. The first kappa shape index (κ1) is 18.6. The van der Waals surface area contributed by atoms with Gasteiger partial charge in [0.05, 0.1) is 11.4 Å². The van der Waals surface area contributed by atoms with Crippen molar-refractivity contribution in [1.82, 2.24) is 14.5 Å². The number of sulfonamides is 1. The SMILES string of the molecule is Cc1nn(CC(C)C)c(C)c1S(=O)(=O)N[C@@H](C(=O)O)C(C)C. The lowest BCUT2D eigenvalue weighted by molar-refractivity contribution is -0.140. The van der Waals surface area contributed by atoms with Gasteiger partial charge in [-0.1, -0.05) is 27.7 Å². The largest absolute Gasteiger partial charge is 0.480 e. The van der Waals surface area contributed by atoms with Crippen molar-refractivity contribution in [3.63, 3.8) is 0 Å². The van der Waals surface area contributed by atoms with E-state index in [1.54, 1.807) is 32.4 Å². The molecule has 1 atom stereocenters. The molecule has 0 radical (unpaired) electrons. The van der Waals surface area contributed by atoms with Gasteiger partial charge in [-0.2, -0.15) is 9.82 Å². The van der Waals surface area contributed by atoms with E-state index in [9.17, 15) is 13.2 Å². The van der Waals surface area contributed by atoms with Crippen LogP contribution in [0.25, 0.3) is 0 Å². The second kappa shape index (κ2) is 6.78. The summed E-state index contributed by atoms with van der Waals surface area (Å²) in [6, 6.07) is -1.17. The number of nitrogens with one attached hydrogen (secondary N) is 1. The van der Waals surface area contributed by atoms with Crippen LogP contribution in [0.5, 0.6) is 0 Å². The van der Waals surface area contributed by atoms with Crippen molar-refractivity contribution in [2.75, 3.05) is 0 Å².